The molecular formula is C25H25F3N6O. The second-order valence-electron chi connectivity index (χ2n) is 8.44. The first-order chi connectivity index (χ1) is 16.6. The predicted octanol–water partition coefficient (Wildman–Crippen LogP) is 5.51. The van der Waals surface area contributed by atoms with Gasteiger partial charge in [0.05, 0.1) is 23.6 Å². The molecule has 0 aliphatic heterocycles. The highest BCUT2D eigenvalue weighted by molar-refractivity contribution is 6.04. The van der Waals surface area contributed by atoms with E-state index in [4.69, 9.17) is 0 Å². The molecule has 0 aliphatic rings. The maximum absolute atomic E-state index is 13.4. The van der Waals surface area contributed by atoms with Gasteiger partial charge < -0.3 is 5.32 Å². The standard InChI is InChI=1S/C25H25F3N6O/c1-5-6-17-9-19(25(26,27)28)12-20(10-17)30-24(35)18-8-7-15(2)23(11-18)34-14-22(31-32-34)21-13-29-33(4)16(21)3/h7-14H,5-6H2,1-4H3,(H,30,35). The number of nitrogens with zero attached hydrogens (tertiary/aromatic N) is 5. The normalized spacial score (nSPS) is 11.6. The van der Waals surface area contributed by atoms with Crippen molar-refractivity contribution in [3.63, 3.8) is 0 Å². The number of anilines is 1. The fourth-order valence-electron chi connectivity index (χ4n) is 3.82. The summed E-state index contributed by atoms with van der Waals surface area (Å²) in [7, 11) is 1.84. The average molecular weight is 483 g/mol. The quantitative estimate of drug-likeness (QED) is 0.393. The Hall–Kier alpha value is -3.95. The Bertz CT molecular complexity index is 1390. The third-order valence-corrected chi connectivity index (χ3v) is 5.84. The zero-order valence-electron chi connectivity index (χ0n) is 19.8. The van der Waals surface area contributed by atoms with Crippen LogP contribution in [0.1, 0.15) is 46.1 Å². The fourth-order valence-corrected chi connectivity index (χ4v) is 3.82. The van der Waals surface area contributed by atoms with E-state index in [1.165, 1.54) is 0 Å². The molecule has 4 rings (SSSR count). The van der Waals surface area contributed by atoms with Crippen molar-refractivity contribution in [2.45, 2.75) is 39.8 Å². The number of halogens is 3. The van der Waals surface area contributed by atoms with Crippen LogP contribution in [-0.4, -0.2) is 30.7 Å². The molecule has 35 heavy (non-hydrogen) atoms. The van der Waals surface area contributed by atoms with Gasteiger partial charge in [-0.1, -0.05) is 24.6 Å². The summed E-state index contributed by atoms with van der Waals surface area (Å²) in [4.78, 5) is 13.0. The van der Waals surface area contributed by atoms with Crippen LogP contribution in [0.2, 0.25) is 0 Å². The number of aromatic nitrogens is 5. The highest BCUT2D eigenvalue weighted by Gasteiger charge is 2.31. The summed E-state index contributed by atoms with van der Waals surface area (Å²) in [5, 5.41) is 15.3. The van der Waals surface area contributed by atoms with Crippen LogP contribution in [0.3, 0.4) is 0 Å². The van der Waals surface area contributed by atoms with E-state index in [1.54, 1.807) is 46.0 Å². The van der Waals surface area contributed by atoms with Crippen molar-refractivity contribution in [2.75, 3.05) is 5.32 Å². The summed E-state index contributed by atoms with van der Waals surface area (Å²) in [5.41, 5.74) is 4.02. The Morgan fingerprint density at radius 3 is 2.54 bits per heavy atom. The van der Waals surface area contributed by atoms with Crippen molar-refractivity contribution in [2.24, 2.45) is 7.05 Å². The van der Waals surface area contributed by atoms with Gasteiger partial charge in [-0.15, -0.1) is 5.10 Å². The number of amides is 1. The second kappa shape index (κ2) is 9.36. The molecule has 1 N–H and O–H groups in total. The lowest BCUT2D eigenvalue weighted by atomic mass is 10.0. The van der Waals surface area contributed by atoms with Gasteiger partial charge in [0.15, 0.2) is 0 Å². The number of alkyl halides is 3. The monoisotopic (exact) mass is 482 g/mol. The minimum atomic E-state index is -4.50. The molecule has 0 fully saturated rings. The Balaban J connectivity index is 1.63. The van der Waals surface area contributed by atoms with Gasteiger partial charge in [0.25, 0.3) is 5.91 Å². The van der Waals surface area contributed by atoms with Crippen LogP contribution in [0.15, 0.2) is 48.8 Å². The molecule has 0 atom stereocenters. The van der Waals surface area contributed by atoms with Crippen molar-refractivity contribution >= 4 is 11.6 Å². The van der Waals surface area contributed by atoms with Crippen LogP contribution in [0.25, 0.3) is 16.9 Å². The first-order valence-electron chi connectivity index (χ1n) is 11.1. The molecular weight excluding hydrogens is 457 g/mol. The smallest absolute Gasteiger partial charge is 0.322 e. The van der Waals surface area contributed by atoms with Crippen LogP contribution < -0.4 is 5.32 Å². The highest BCUT2D eigenvalue weighted by atomic mass is 19.4. The maximum atomic E-state index is 13.4. The predicted molar refractivity (Wildman–Crippen MR) is 126 cm³/mol. The fraction of sp³-hybridized carbons (Fsp3) is 0.280. The lowest BCUT2D eigenvalue weighted by molar-refractivity contribution is -0.137. The summed E-state index contributed by atoms with van der Waals surface area (Å²) in [6.07, 6.45) is 0.124. The molecule has 7 nitrogen and oxygen atoms in total. The number of hydrogen-bond acceptors (Lipinski definition) is 4. The van der Waals surface area contributed by atoms with Crippen molar-refractivity contribution in [1.29, 1.82) is 0 Å². The number of aryl methyl sites for hydroxylation is 3. The number of rotatable bonds is 6. The molecule has 2 aromatic heterocycles. The summed E-state index contributed by atoms with van der Waals surface area (Å²) in [6.45, 7) is 5.69. The molecule has 0 radical (unpaired) electrons. The number of hydrogen-bond donors (Lipinski definition) is 1. The van der Waals surface area contributed by atoms with E-state index < -0.39 is 17.6 Å². The van der Waals surface area contributed by atoms with Crippen LogP contribution in [-0.2, 0) is 19.6 Å². The zero-order chi connectivity index (χ0) is 25.3. The first-order valence-corrected chi connectivity index (χ1v) is 11.1. The molecule has 10 heteroatoms. The topological polar surface area (TPSA) is 77.6 Å². The summed E-state index contributed by atoms with van der Waals surface area (Å²) in [6, 6.07) is 8.67. The Labute approximate surface area is 200 Å². The molecule has 2 aromatic carbocycles. The van der Waals surface area contributed by atoms with Crippen molar-refractivity contribution < 1.29 is 18.0 Å². The minimum absolute atomic E-state index is 0.102. The van der Waals surface area contributed by atoms with Crippen molar-refractivity contribution in [1.82, 2.24) is 24.8 Å². The van der Waals surface area contributed by atoms with Gasteiger partial charge in [0.1, 0.15) is 5.69 Å². The van der Waals surface area contributed by atoms with Crippen molar-refractivity contribution in [3.8, 4) is 16.9 Å². The summed E-state index contributed by atoms with van der Waals surface area (Å²) >= 11 is 0. The van der Waals surface area contributed by atoms with Gasteiger partial charge in [-0.25, -0.2) is 4.68 Å². The zero-order valence-corrected chi connectivity index (χ0v) is 19.8. The third kappa shape index (κ3) is 5.11. The van der Waals surface area contributed by atoms with E-state index in [0.717, 1.165) is 29.0 Å². The molecule has 0 saturated carbocycles. The van der Waals surface area contributed by atoms with Gasteiger partial charge in [-0.05, 0) is 61.7 Å². The van der Waals surface area contributed by atoms with Gasteiger partial charge in [0.2, 0.25) is 0 Å². The van der Waals surface area contributed by atoms with Gasteiger partial charge in [-0.3, -0.25) is 9.48 Å². The molecule has 4 aromatic rings. The summed E-state index contributed by atoms with van der Waals surface area (Å²) in [5.74, 6) is -0.517. The van der Waals surface area contributed by atoms with Gasteiger partial charge >= 0.3 is 6.18 Å². The molecule has 0 aliphatic carbocycles. The van der Waals surface area contributed by atoms with Crippen molar-refractivity contribution in [3.05, 3.63) is 76.7 Å². The Morgan fingerprint density at radius 1 is 1.11 bits per heavy atom. The van der Waals surface area contributed by atoms with Crippen LogP contribution in [0.4, 0.5) is 18.9 Å². The lowest BCUT2D eigenvalue weighted by Crippen LogP contribution is -2.14. The van der Waals surface area contributed by atoms with E-state index in [9.17, 15) is 18.0 Å². The number of carbonyl (C=O) groups excluding carboxylic acids is 1. The molecule has 0 saturated heterocycles. The number of carbonyl (C=O) groups is 1. The Kier molecular flexibility index (Phi) is 6.47. The SMILES string of the molecule is CCCc1cc(NC(=O)c2ccc(C)c(-n3cc(-c4cnn(C)c4C)nn3)c2)cc(C(F)(F)F)c1. The molecule has 0 bridgehead atoms. The molecule has 1 amide bonds. The van der Waals surface area contributed by atoms with Gasteiger partial charge in [0, 0.05) is 29.6 Å². The number of nitrogens with one attached hydrogen (secondary N) is 1. The van der Waals surface area contributed by atoms with Crippen LogP contribution >= 0.6 is 0 Å². The molecule has 0 unspecified atom stereocenters. The average Bonchev–Trinajstić information content (AvgIpc) is 3.40. The van der Waals surface area contributed by atoms with E-state index in [2.05, 4.69) is 20.7 Å². The second-order valence-corrected chi connectivity index (χ2v) is 8.44. The van der Waals surface area contributed by atoms with E-state index >= 15 is 0 Å². The third-order valence-electron chi connectivity index (χ3n) is 5.84. The highest BCUT2D eigenvalue weighted by Crippen LogP contribution is 2.32. The van der Waals surface area contributed by atoms with Gasteiger partial charge in [-0.2, -0.15) is 18.3 Å². The number of benzene rings is 2. The lowest BCUT2D eigenvalue weighted by Gasteiger charge is -2.14. The van der Waals surface area contributed by atoms with Crippen LogP contribution in [0.5, 0.6) is 0 Å². The maximum Gasteiger partial charge on any atom is 0.416 e. The Morgan fingerprint density at radius 2 is 1.89 bits per heavy atom. The molecule has 182 valence electrons. The molecule has 2 heterocycles. The van der Waals surface area contributed by atoms with E-state index in [-0.39, 0.29) is 11.3 Å². The van der Waals surface area contributed by atoms with Crippen LogP contribution in [0, 0.1) is 13.8 Å². The largest absolute Gasteiger partial charge is 0.416 e. The van der Waals surface area contributed by atoms with E-state index in [0.29, 0.717) is 29.8 Å². The molecule has 0 spiro atoms. The minimum Gasteiger partial charge on any atom is -0.322 e. The van der Waals surface area contributed by atoms with E-state index in [1.807, 2.05) is 27.8 Å². The summed E-state index contributed by atoms with van der Waals surface area (Å²) < 4.78 is 43.4. The first kappa shape index (κ1) is 24.2.